The first-order valence-corrected chi connectivity index (χ1v) is 8.06. The van der Waals surface area contributed by atoms with Crippen LogP contribution in [0.2, 0.25) is 0 Å². The van der Waals surface area contributed by atoms with Crippen LogP contribution in [0, 0.1) is 24.0 Å². The first kappa shape index (κ1) is 19.6. The SMILES string of the molecule is C=CCNC(=O)Nc1ccc(NC(=O)Cn2nc(C)c([N+](=O)[O-])c2C)cc1. The number of nitro groups is 1. The quantitative estimate of drug-likeness (QED) is 0.390. The van der Waals surface area contributed by atoms with Gasteiger partial charge in [-0.15, -0.1) is 6.58 Å². The first-order valence-electron chi connectivity index (χ1n) is 8.06. The summed E-state index contributed by atoms with van der Waals surface area (Å²) in [6, 6.07) is 6.17. The standard InChI is InChI=1S/C17H20N6O4/c1-4-9-18-17(25)20-14-7-5-13(6-8-14)19-15(24)10-22-12(3)16(23(26)27)11(2)21-22/h4-8H,1,9-10H2,2-3H3,(H,19,24)(H2,18,20,25). The number of urea groups is 1. The highest BCUT2D eigenvalue weighted by molar-refractivity contribution is 5.92. The number of nitrogens with one attached hydrogen (secondary N) is 3. The zero-order valence-corrected chi connectivity index (χ0v) is 15.0. The van der Waals surface area contributed by atoms with E-state index < -0.39 is 4.92 Å². The summed E-state index contributed by atoms with van der Waals surface area (Å²) in [5, 5.41) is 22.9. The molecule has 0 radical (unpaired) electrons. The molecule has 142 valence electrons. The Labute approximate surface area is 155 Å². The van der Waals surface area contributed by atoms with E-state index in [1.165, 1.54) is 11.6 Å². The number of carbonyl (C=O) groups excluding carboxylic acids is 2. The van der Waals surface area contributed by atoms with Gasteiger partial charge in [0.25, 0.3) is 0 Å². The molecule has 3 N–H and O–H groups in total. The zero-order valence-electron chi connectivity index (χ0n) is 15.0. The number of hydrogen-bond acceptors (Lipinski definition) is 5. The smallest absolute Gasteiger partial charge is 0.319 e. The third kappa shape index (κ3) is 5.14. The van der Waals surface area contributed by atoms with Gasteiger partial charge in [0.1, 0.15) is 17.9 Å². The van der Waals surface area contributed by atoms with Gasteiger partial charge in [-0.25, -0.2) is 4.79 Å². The van der Waals surface area contributed by atoms with E-state index in [4.69, 9.17) is 0 Å². The molecule has 0 saturated carbocycles. The Kier molecular flexibility index (Phi) is 6.26. The minimum atomic E-state index is -0.511. The lowest BCUT2D eigenvalue weighted by Crippen LogP contribution is -2.28. The summed E-state index contributed by atoms with van der Waals surface area (Å²) < 4.78 is 1.29. The first-order chi connectivity index (χ1) is 12.8. The van der Waals surface area contributed by atoms with Crippen LogP contribution in [0.5, 0.6) is 0 Å². The maximum Gasteiger partial charge on any atom is 0.319 e. The molecule has 0 saturated heterocycles. The molecule has 0 aliphatic carbocycles. The Morgan fingerprint density at radius 1 is 1.22 bits per heavy atom. The van der Waals surface area contributed by atoms with Gasteiger partial charge in [0, 0.05) is 17.9 Å². The second-order valence-corrected chi connectivity index (χ2v) is 5.68. The molecule has 0 aliphatic rings. The summed E-state index contributed by atoms with van der Waals surface area (Å²) in [4.78, 5) is 34.2. The van der Waals surface area contributed by atoms with E-state index in [0.717, 1.165) is 0 Å². The van der Waals surface area contributed by atoms with E-state index >= 15 is 0 Å². The van der Waals surface area contributed by atoms with Crippen molar-refractivity contribution in [1.29, 1.82) is 0 Å². The van der Waals surface area contributed by atoms with Crippen molar-refractivity contribution in [3.8, 4) is 0 Å². The van der Waals surface area contributed by atoms with Crippen molar-refractivity contribution in [3.63, 3.8) is 0 Å². The Morgan fingerprint density at radius 3 is 2.33 bits per heavy atom. The van der Waals surface area contributed by atoms with Crippen LogP contribution in [0.1, 0.15) is 11.4 Å². The highest BCUT2D eigenvalue weighted by Gasteiger charge is 2.22. The van der Waals surface area contributed by atoms with Gasteiger partial charge >= 0.3 is 11.7 Å². The molecule has 1 aromatic carbocycles. The largest absolute Gasteiger partial charge is 0.334 e. The number of aryl methyl sites for hydroxylation is 1. The van der Waals surface area contributed by atoms with Crippen LogP contribution in [0.25, 0.3) is 0 Å². The van der Waals surface area contributed by atoms with Crippen molar-refractivity contribution in [2.45, 2.75) is 20.4 Å². The predicted molar refractivity (Wildman–Crippen MR) is 101 cm³/mol. The van der Waals surface area contributed by atoms with Crippen molar-refractivity contribution in [2.24, 2.45) is 0 Å². The molecule has 0 bridgehead atoms. The van der Waals surface area contributed by atoms with Gasteiger partial charge < -0.3 is 16.0 Å². The normalized spacial score (nSPS) is 10.1. The number of rotatable bonds is 7. The fourth-order valence-electron chi connectivity index (χ4n) is 2.42. The number of benzene rings is 1. The van der Waals surface area contributed by atoms with Crippen LogP contribution in [-0.2, 0) is 11.3 Å². The lowest BCUT2D eigenvalue weighted by molar-refractivity contribution is -0.386. The third-order valence-electron chi connectivity index (χ3n) is 3.65. The van der Waals surface area contributed by atoms with Crippen LogP contribution in [0.3, 0.4) is 0 Å². The van der Waals surface area contributed by atoms with E-state index in [2.05, 4.69) is 27.6 Å². The Balaban J connectivity index is 1.96. The van der Waals surface area contributed by atoms with E-state index in [1.54, 1.807) is 37.3 Å². The summed E-state index contributed by atoms with van der Waals surface area (Å²) in [5.41, 5.74) is 1.57. The Hall–Kier alpha value is -3.69. The molecule has 3 amide bonds. The molecule has 10 nitrogen and oxygen atoms in total. The lowest BCUT2D eigenvalue weighted by Gasteiger charge is -2.09. The summed E-state index contributed by atoms with van der Waals surface area (Å²) >= 11 is 0. The Morgan fingerprint density at radius 2 is 1.81 bits per heavy atom. The van der Waals surface area contributed by atoms with Gasteiger partial charge in [0.2, 0.25) is 5.91 Å². The monoisotopic (exact) mass is 372 g/mol. The highest BCUT2D eigenvalue weighted by Crippen LogP contribution is 2.21. The Bertz CT molecular complexity index is 872. The molecule has 0 aliphatic heterocycles. The number of aromatic nitrogens is 2. The van der Waals surface area contributed by atoms with Crippen LogP contribution in [-0.4, -0.2) is 33.2 Å². The van der Waals surface area contributed by atoms with Crippen molar-refractivity contribution in [3.05, 3.63) is 58.4 Å². The average Bonchev–Trinajstić information content (AvgIpc) is 2.88. The van der Waals surface area contributed by atoms with Crippen LogP contribution in [0.4, 0.5) is 21.9 Å². The molecular formula is C17H20N6O4. The van der Waals surface area contributed by atoms with Gasteiger partial charge in [-0.3, -0.25) is 19.6 Å². The minimum absolute atomic E-state index is 0.0899. The average molecular weight is 372 g/mol. The fourth-order valence-corrected chi connectivity index (χ4v) is 2.42. The number of amides is 3. The van der Waals surface area contributed by atoms with E-state index in [-0.39, 0.29) is 29.9 Å². The predicted octanol–water partition coefficient (Wildman–Crippen LogP) is 2.35. The number of hydrogen-bond donors (Lipinski definition) is 3. The van der Waals surface area contributed by atoms with Crippen molar-refractivity contribution >= 4 is 29.0 Å². The highest BCUT2D eigenvalue weighted by atomic mass is 16.6. The summed E-state index contributed by atoms with van der Waals surface area (Å²) in [7, 11) is 0. The van der Waals surface area contributed by atoms with Crippen LogP contribution < -0.4 is 16.0 Å². The number of nitrogens with zero attached hydrogens (tertiary/aromatic N) is 3. The fraction of sp³-hybridized carbons (Fsp3) is 0.235. The van der Waals surface area contributed by atoms with Crippen molar-refractivity contribution in [2.75, 3.05) is 17.2 Å². The molecule has 2 rings (SSSR count). The second kappa shape index (κ2) is 8.61. The third-order valence-corrected chi connectivity index (χ3v) is 3.65. The molecule has 0 spiro atoms. The summed E-state index contributed by atoms with van der Waals surface area (Å²) in [6.45, 7) is 6.78. The molecule has 1 aromatic heterocycles. The zero-order chi connectivity index (χ0) is 20.0. The molecule has 0 fully saturated rings. The minimum Gasteiger partial charge on any atom is -0.334 e. The van der Waals surface area contributed by atoms with Gasteiger partial charge in [-0.1, -0.05) is 6.08 Å². The van der Waals surface area contributed by atoms with E-state index in [0.29, 0.717) is 23.6 Å². The maximum absolute atomic E-state index is 12.2. The maximum atomic E-state index is 12.2. The van der Waals surface area contributed by atoms with Gasteiger partial charge in [-0.2, -0.15) is 5.10 Å². The molecular weight excluding hydrogens is 352 g/mol. The molecule has 2 aromatic rings. The molecule has 1 heterocycles. The van der Waals surface area contributed by atoms with E-state index in [9.17, 15) is 19.7 Å². The second-order valence-electron chi connectivity index (χ2n) is 5.68. The van der Waals surface area contributed by atoms with Crippen LogP contribution in [0.15, 0.2) is 36.9 Å². The molecule has 0 unspecified atom stereocenters. The molecule has 27 heavy (non-hydrogen) atoms. The topological polar surface area (TPSA) is 131 Å². The van der Waals surface area contributed by atoms with Gasteiger partial charge in [-0.05, 0) is 38.1 Å². The molecule has 10 heteroatoms. The lowest BCUT2D eigenvalue weighted by atomic mass is 10.2. The summed E-state index contributed by atoms with van der Waals surface area (Å²) in [6.07, 6.45) is 1.57. The number of carbonyl (C=O) groups is 2. The molecule has 0 atom stereocenters. The van der Waals surface area contributed by atoms with E-state index in [1.807, 2.05) is 0 Å². The van der Waals surface area contributed by atoms with Gasteiger partial charge in [0.15, 0.2) is 0 Å². The van der Waals surface area contributed by atoms with Crippen LogP contribution >= 0.6 is 0 Å². The van der Waals surface area contributed by atoms with Gasteiger partial charge in [0.05, 0.1) is 4.92 Å². The van der Waals surface area contributed by atoms with Crippen molar-refractivity contribution < 1.29 is 14.5 Å². The number of anilines is 2. The summed E-state index contributed by atoms with van der Waals surface area (Å²) in [5.74, 6) is -0.375. The van der Waals surface area contributed by atoms with Crippen molar-refractivity contribution in [1.82, 2.24) is 15.1 Å².